The van der Waals surface area contributed by atoms with Gasteiger partial charge in [0.1, 0.15) is 18.1 Å². The van der Waals surface area contributed by atoms with Gasteiger partial charge in [0.15, 0.2) is 0 Å². The summed E-state index contributed by atoms with van der Waals surface area (Å²) in [5.41, 5.74) is 6.87. The van der Waals surface area contributed by atoms with E-state index < -0.39 is 72.1 Å². The maximum atomic E-state index is 14.5. The zero-order chi connectivity index (χ0) is 39.2. The van der Waals surface area contributed by atoms with Crippen LogP contribution in [0.15, 0.2) is 60.7 Å². The van der Waals surface area contributed by atoms with Crippen molar-refractivity contribution in [3.05, 3.63) is 71.8 Å². The van der Waals surface area contributed by atoms with Crippen LogP contribution in [0, 0.1) is 11.8 Å². The minimum absolute atomic E-state index is 0.102. The molecule has 4 rings (SSSR count). The molecule has 2 aromatic rings. The van der Waals surface area contributed by atoms with Crippen LogP contribution in [-0.2, 0) is 33.5 Å². The van der Waals surface area contributed by atoms with Crippen molar-refractivity contribution in [1.82, 2.24) is 26.2 Å². The van der Waals surface area contributed by atoms with Gasteiger partial charge < -0.3 is 36.6 Å². The highest BCUT2D eigenvalue weighted by molar-refractivity contribution is 6.38. The van der Waals surface area contributed by atoms with Gasteiger partial charge in [-0.2, -0.15) is 0 Å². The van der Waals surface area contributed by atoms with E-state index in [4.69, 9.17) is 10.5 Å². The quantitative estimate of drug-likeness (QED) is 0.152. The second-order valence-electron chi connectivity index (χ2n) is 14.6. The molecule has 0 aromatic heterocycles. The maximum absolute atomic E-state index is 14.5. The van der Waals surface area contributed by atoms with Gasteiger partial charge in [-0.15, -0.1) is 0 Å². The van der Waals surface area contributed by atoms with Crippen LogP contribution in [0.25, 0.3) is 0 Å². The van der Waals surface area contributed by atoms with Crippen molar-refractivity contribution >= 4 is 41.4 Å². The van der Waals surface area contributed by atoms with Crippen LogP contribution in [0.3, 0.4) is 0 Å². The minimum atomic E-state index is -1.24. The van der Waals surface area contributed by atoms with Crippen LogP contribution < -0.4 is 27.0 Å². The fraction of sp³-hybridized carbons (Fsp3) is 0.525. The van der Waals surface area contributed by atoms with Crippen LogP contribution in [0.2, 0.25) is 0 Å². The molecule has 54 heavy (non-hydrogen) atoms. The van der Waals surface area contributed by atoms with Gasteiger partial charge >= 0.3 is 6.09 Å². The van der Waals surface area contributed by atoms with Gasteiger partial charge in [-0.1, -0.05) is 107 Å². The molecule has 2 aliphatic rings. The topological polar surface area (TPSA) is 206 Å². The summed E-state index contributed by atoms with van der Waals surface area (Å²) in [5, 5.41) is 10.3. The lowest BCUT2D eigenvalue weighted by molar-refractivity contribution is -0.143. The minimum Gasteiger partial charge on any atom is -0.449 e. The van der Waals surface area contributed by atoms with Crippen molar-refractivity contribution in [2.75, 3.05) is 19.7 Å². The third kappa shape index (κ3) is 11.6. The molecule has 2 aromatic carbocycles. The molecule has 14 heteroatoms. The number of alkyl carbamates (subject to hydrolysis) is 1. The van der Waals surface area contributed by atoms with Gasteiger partial charge in [0.2, 0.25) is 29.4 Å². The monoisotopic (exact) mass is 746 g/mol. The summed E-state index contributed by atoms with van der Waals surface area (Å²) in [6.07, 6.45) is 4.48. The van der Waals surface area contributed by atoms with Gasteiger partial charge in [0.25, 0.3) is 5.91 Å². The first kappa shape index (κ1) is 41.5. The lowest BCUT2D eigenvalue weighted by atomic mass is 9.83. The molecule has 5 atom stereocenters. The average molecular weight is 747 g/mol. The summed E-state index contributed by atoms with van der Waals surface area (Å²) in [6, 6.07) is 13.6. The number of rotatable bonds is 17. The van der Waals surface area contributed by atoms with E-state index in [9.17, 15) is 33.6 Å². The zero-order valence-electron chi connectivity index (χ0n) is 31.4. The summed E-state index contributed by atoms with van der Waals surface area (Å²) < 4.78 is 5.39. The second kappa shape index (κ2) is 20.3. The number of benzene rings is 2. The Bertz CT molecular complexity index is 1610. The van der Waals surface area contributed by atoms with Gasteiger partial charge in [0.05, 0.1) is 19.2 Å². The fourth-order valence-corrected chi connectivity index (χ4v) is 7.14. The molecule has 14 nitrogen and oxygen atoms in total. The van der Waals surface area contributed by atoms with Crippen LogP contribution >= 0.6 is 0 Å². The molecule has 1 aliphatic carbocycles. The van der Waals surface area contributed by atoms with E-state index in [1.165, 1.54) is 4.90 Å². The molecule has 6 N–H and O–H groups in total. The van der Waals surface area contributed by atoms with E-state index in [-0.39, 0.29) is 43.7 Å². The highest BCUT2D eigenvalue weighted by Crippen LogP contribution is 2.35. The molecule has 0 radical (unpaired) electrons. The average Bonchev–Trinajstić information content (AvgIpc) is 3.63. The third-order valence-electron chi connectivity index (χ3n) is 9.93. The first-order valence-corrected chi connectivity index (χ1v) is 18.9. The largest absolute Gasteiger partial charge is 0.449 e. The number of ether oxygens (including phenoxy) is 1. The Kier molecular flexibility index (Phi) is 15.6. The van der Waals surface area contributed by atoms with Crippen molar-refractivity contribution in [2.24, 2.45) is 17.6 Å². The number of carbonyl (C=O) groups excluding carboxylic acids is 7. The molecule has 1 heterocycles. The first-order chi connectivity index (χ1) is 25.9. The Morgan fingerprint density at radius 3 is 2.13 bits per heavy atom. The lowest BCUT2D eigenvalue weighted by Gasteiger charge is -2.34. The van der Waals surface area contributed by atoms with Crippen molar-refractivity contribution in [2.45, 2.75) is 102 Å². The number of Topliss-reactive ketones (excluding diaryl/α,β-unsaturated/α-hetero) is 1. The Labute approximate surface area is 316 Å². The summed E-state index contributed by atoms with van der Waals surface area (Å²) in [5.74, 6) is -4.84. The fourth-order valence-electron chi connectivity index (χ4n) is 7.14. The van der Waals surface area contributed by atoms with Gasteiger partial charge in [0, 0.05) is 12.5 Å². The number of primary amides is 1. The van der Waals surface area contributed by atoms with Gasteiger partial charge in [-0.05, 0) is 48.6 Å². The summed E-state index contributed by atoms with van der Waals surface area (Å²) in [7, 11) is 0. The highest BCUT2D eigenvalue weighted by Gasteiger charge is 2.45. The highest BCUT2D eigenvalue weighted by atomic mass is 16.5. The van der Waals surface area contributed by atoms with Crippen LogP contribution in [-0.4, -0.2) is 84.1 Å². The number of nitrogens with one attached hydrogen (secondary N) is 4. The standard InChI is InChI=1S/C40H54N6O8/c1-4-14-30(35(48)38(51)42-22-32(47)44-33(36(41)49)27-17-10-6-11-18-27)43-37(50)31-21-29(26-15-8-5-9-16-26)23-46(31)39(52)34(28-19-12-7-13-20-28)45-40(53)54-24-25(2)3/h5-6,8-11,15-18,25,28-31,33-34H,4,7,12-14,19-24H2,1-3H3,(H2,41,49)(H,42,51)(H,43,50)(H,44,47)(H,45,53)/t29-,30?,31?,33+,34+/m1/s1. The van der Waals surface area contributed by atoms with E-state index in [1.54, 1.807) is 37.3 Å². The summed E-state index contributed by atoms with van der Waals surface area (Å²) in [4.78, 5) is 94.2. The Hall–Kier alpha value is -5.27. The number of hydrogen-bond donors (Lipinski definition) is 5. The number of nitrogens with zero attached hydrogens (tertiary/aromatic N) is 1. The SMILES string of the molecule is CCCC(NC(=O)C1C[C@@H](c2ccccc2)CN1C(=O)[C@@H](NC(=O)OCC(C)C)C1CCCCC1)C(=O)C(=O)NCC(=O)N[C@H](C(N)=O)c1ccccc1. The van der Waals surface area contributed by atoms with Crippen molar-refractivity contribution in [3.63, 3.8) is 0 Å². The predicted octanol–water partition coefficient (Wildman–Crippen LogP) is 3.02. The molecule has 1 saturated carbocycles. The number of nitrogens with two attached hydrogens (primary N) is 1. The maximum Gasteiger partial charge on any atom is 0.407 e. The number of amides is 6. The molecular weight excluding hydrogens is 692 g/mol. The van der Waals surface area contributed by atoms with Crippen LogP contribution in [0.4, 0.5) is 4.79 Å². The number of hydrogen-bond acceptors (Lipinski definition) is 8. The zero-order valence-corrected chi connectivity index (χ0v) is 31.4. The van der Waals surface area contributed by atoms with Crippen molar-refractivity contribution < 1.29 is 38.3 Å². The van der Waals surface area contributed by atoms with Crippen molar-refractivity contribution in [3.8, 4) is 0 Å². The Morgan fingerprint density at radius 1 is 0.870 bits per heavy atom. The first-order valence-electron chi connectivity index (χ1n) is 18.9. The molecule has 2 fully saturated rings. The molecule has 2 unspecified atom stereocenters. The molecule has 292 valence electrons. The molecule has 0 spiro atoms. The summed E-state index contributed by atoms with van der Waals surface area (Å²) in [6.45, 7) is 5.41. The van der Waals surface area contributed by atoms with Crippen molar-refractivity contribution in [1.29, 1.82) is 0 Å². The number of likely N-dealkylation sites (tertiary alicyclic amines) is 1. The number of carbonyl (C=O) groups is 7. The molecule has 1 saturated heterocycles. The van der Waals surface area contributed by atoms with Gasteiger partial charge in [-0.25, -0.2) is 4.79 Å². The normalized spacial score (nSPS) is 18.9. The van der Waals surface area contributed by atoms with Crippen LogP contribution in [0.5, 0.6) is 0 Å². The third-order valence-corrected chi connectivity index (χ3v) is 9.93. The van der Waals surface area contributed by atoms with Crippen LogP contribution in [0.1, 0.15) is 95.2 Å². The second-order valence-corrected chi connectivity index (χ2v) is 14.6. The molecule has 0 bridgehead atoms. The molecule has 1 aliphatic heterocycles. The van der Waals surface area contributed by atoms with E-state index in [1.807, 2.05) is 44.2 Å². The van der Waals surface area contributed by atoms with Gasteiger partial charge in [-0.3, -0.25) is 28.8 Å². The van der Waals surface area contributed by atoms with E-state index in [2.05, 4.69) is 21.3 Å². The van der Waals surface area contributed by atoms with E-state index in [0.717, 1.165) is 37.7 Å². The van der Waals surface area contributed by atoms with E-state index in [0.29, 0.717) is 12.0 Å². The molecule has 6 amide bonds. The molecular formula is C40H54N6O8. The number of ketones is 1. The Morgan fingerprint density at radius 2 is 1.52 bits per heavy atom. The summed E-state index contributed by atoms with van der Waals surface area (Å²) >= 11 is 0. The lowest BCUT2D eigenvalue weighted by Crippen LogP contribution is -2.58. The predicted molar refractivity (Wildman–Crippen MR) is 200 cm³/mol. The smallest absolute Gasteiger partial charge is 0.407 e. The van der Waals surface area contributed by atoms with E-state index >= 15 is 0 Å². The Balaban J connectivity index is 1.49.